The number of amides is 1. The summed E-state index contributed by atoms with van der Waals surface area (Å²) in [6, 6.07) is 17.7. The molecular formula is C19H19BrN6O. The molecule has 1 aliphatic rings. The smallest absolute Gasteiger partial charge is 0.250 e. The number of anilines is 1. The van der Waals surface area contributed by atoms with E-state index in [1.165, 1.54) is 0 Å². The summed E-state index contributed by atoms with van der Waals surface area (Å²) in [5.41, 5.74) is 1.95. The molecule has 3 aromatic rings. The van der Waals surface area contributed by atoms with Gasteiger partial charge in [-0.2, -0.15) is 4.68 Å². The van der Waals surface area contributed by atoms with Crippen LogP contribution in [-0.2, 0) is 11.2 Å². The molecule has 0 bridgehead atoms. The molecule has 0 unspecified atom stereocenters. The number of hydrogen-bond donors (Lipinski definition) is 0. The molecule has 1 aromatic heterocycles. The van der Waals surface area contributed by atoms with E-state index >= 15 is 0 Å². The third kappa shape index (κ3) is 4.00. The fraction of sp³-hybridized carbons (Fsp3) is 0.263. The van der Waals surface area contributed by atoms with Crippen LogP contribution in [0.25, 0.3) is 5.69 Å². The molecule has 0 aliphatic carbocycles. The highest BCUT2D eigenvalue weighted by Crippen LogP contribution is 2.18. The number of aromatic nitrogens is 4. The van der Waals surface area contributed by atoms with Crippen LogP contribution in [0.2, 0.25) is 0 Å². The zero-order chi connectivity index (χ0) is 18.6. The van der Waals surface area contributed by atoms with Crippen LogP contribution in [0.1, 0.15) is 5.56 Å². The monoisotopic (exact) mass is 426 g/mol. The Morgan fingerprint density at radius 2 is 1.67 bits per heavy atom. The number of rotatable bonds is 4. The Morgan fingerprint density at radius 3 is 2.37 bits per heavy atom. The number of carbonyl (C=O) groups excluding carboxylic acids is 1. The maximum atomic E-state index is 12.6. The van der Waals surface area contributed by atoms with E-state index in [-0.39, 0.29) is 5.91 Å². The topological polar surface area (TPSA) is 67.2 Å². The summed E-state index contributed by atoms with van der Waals surface area (Å²) in [6.45, 7) is 2.74. The molecule has 2 heterocycles. The van der Waals surface area contributed by atoms with Gasteiger partial charge in [0, 0.05) is 30.7 Å². The number of nitrogens with zero attached hydrogens (tertiary/aromatic N) is 6. The summed E-state index contributed by atoms with van der Waals surface area (Å²) in [7, 11) is 0. The highest BCUT2D eigenvalue weighted by atomic mass is 79.9. The lowest BCUT2D eigenvalue weighted by atomic mass is 10.1. The van der Waals surface area contributed by atoms with Crippen molar-refractivity contribution >= 4 is 27.8 Å². The molecule has 138 valence electrons. The van der Waals surface area contributed by atoms with E-state index in [0.717, 1.165) is 15.7 Å². The van der Waals surface area contributed by atoms with Crippen LogP contribution < -0.4 is 4.90 Å². The first-order valence-electron chi connectivity index (χ1n) is 8.82. The summed E-state index contributed by atoms with van der Waals surface area (Å²) < 4.78 is 2.75. The number of carbonyl (C=O) groups is 1. The van der Waals surface area contributed by atoms with E-state index in [1.54, 1.807) is 4.68 Å². The first kappa shape index (κ1) is 17.7. The van der Waals surface area contributed by atoms with Crippen LogP contribution in [-0.4, -0.2) is 57.2 Å². The van der Waals surface area contributed by atoms with Crippen LogP contribution >= 0.6 is 15.9 Å². The van der Waals surface area contributed by atoms with E-state index in [2.05, 4.69) is 36.4 Å². The van der Waals surface area contributed by atoms with E-state index in [4.69, 9.17) is 0 Å². The van der Waals surface area contributed by atoms with Crippen LogP contribution in [0.4, 0.5) is 5.95 Å². The van der Waals surface area contributed by atoms with Crippen molar-refractivity contribution in [3.05, 3.63) is 64.6 Å². The summed E-state index contributed by atoms with van der Waals surface area (Å²) in [4.78, 5) is 16.6. The molecule has 0 N–H and O–H groups in total. The number of hydrogen-bond acceptors (Lipinski definition) is 5. The third-order valence-corrected chi connectivity index (χ3v) is 5.17. The summed E-state index contributed by atoms with van der Waals surface area (Å²) in [5, 5.41) is 12.1. The Balaban J connectivity index is 1.39. The maximum absolute atomic E-state index is 12.6. The van der Waals surface area contributed by atoms with Gasteiger partial charge in [-0.25, -0.2) is 0 Å². The van der Waals surface area contributed by atoms with E-state index in [1.807, 2.05) is 59.5 Å². The minimum Gasteiger partial charge on any atom is -0.339 e. The van der Waals surface area contributed by atoms with Crippen molar-refractivity contribution in [1.29, 1.82) is 0 Å². The fourth-order valence-corrected chi connectivity index (χ4v) is 3.42. The fourth-order valence-electron chi connectivity index (χ4n) is 3.16. The van der Waals surface area contributed by atoms with E-state index in [0.29, 0.717) is 38.5 Å². The van der Waals surface area contributed by atoms with Gasteiger partial charge >= 0.3 is 0 Å². The molecule has 4 rings (SSSR count). The molecule has 2 aromatic carbocycles. The molecule has 1 aliphatic heterocycles. The maximum Gasteiger partial charge on any atom is 0.250 e. The van der Waals surface area contributed by atoms with E-state index < -0.39 is 0 Å². The van der Waals surface area contributed by atoms with Crippen molar-refractivity contribution in [3.8, 4) is 5.69 Å². The van der Waals surface area contributed by atoms with Gasteiger partial charge in [0.1, 0.15) is 0 Å². The highest BCUT2D eigenvalue weighted by molar-refractivity contribution is 9.10. The molecule has 1 fully saturated rings. The second kappa shape index (κ2) is 7.87. The predicted molar refractivity (Wildman–Crippen MR) is 106 cm³/mol. The third-order valence-electron chi connectivity index (χ3n) is 4.64. The van der Waals surface area contributed by atoms with Crippen LogP contribution in [0, 0.1) is 0 Å². The molecule has 27 heavy (non-hydrogen) atoms. The number of halogens is 1. The largest absolute Gasteiger partial charge is 0.339 e. The second-order valence-corrected chi connectivity index (χ2v) is 7.31. The van der Waals surface area contributed by atoms with Gasteiger partial charge in [-0.1, -0.05) is 51.4 Å². The van der Waals surface area contributed by atoms with Crippen LogP contribution in [0.15, 0.2) is 59.1 Å². The van der Waals surface area contributed by atoms with Crippen molar-refractivity contribution in [2.75, 3.05) is 31.1 Å². The summed E-state index contributed by atoms with van der Waals surface area (Å²) in [6.07, 6.45) is 0.426. The van der Waals surface area contributed by atoms with Gasteiger partial charge < -0.3 is 9.80 Å². The van der Waals surface area contributed by atoms with Crippen LogP contribution in [0.5, 0.6) is 0 Å². The second-order valence-electron chi connectivity index (χ2n) is 6.40. The Hall–Kier alpha value is -2.74. The number of tetrazole rings is 1. The quantitative estimate of drug-likeness (QED) is 0.640. The van der Waals surface area contributed by atoms with E-state index in [9.17, 15) is 4.79 Å². The molecule has 0 atom stereocenters. The summed E-state index contributed by atoms with van der Waals surface area (Å²) >= 11 is 3.42. The molecule has 1 saturated heterocycles. The first-order chi connectivity index (χ1) is 13.2. The minimum absolute atomic E-state index is 0.152. The number of para-hydroxylation sites is 1. The van der Waals surface area contributed by atoms with Crippen molar-refractivity contribution in [3.63, 3.8) is 0 Å². The van der Waals surface area contributed by atoms with Gasteiger partial charge in [0.25, 0.3) is 0 Å². The van der Waals surface area contributed by atoms with Crippen molar-refractivity contribution < 1.29 is 4.79 Å². The zero-order valence-corrected chi connectivity index (χ0v) is 16.3. The Morgan fingerprint density at radius 1 is 0.963 bits per heavy atom. The lowest BCUT2D eigenvalue weighted by molar-refractivity contribution is -0.130. The van der Waals surface area contributed by atoms with Gasteiger partial charge in [-0.3, -0.25) is 4.79 Å². The van der Waals surface area contributed by atoms with Gasteiger partial charge in [-0.15, -0.1) is 0 Å². The average molecular weight is 427 g/mol. The Labute approximate surface area is 165 Å². The van der Waals surface area contributed by atoms with Crippen LogP contribution in [0.3, 0.4) is 0 Å². The first-order valence-corrected chi connectivity index (χ1v) is 9.61. The summed E-state index contributed by atoms with van der Waals surface area (Å²) in [5.74, 6) is 0.862. The number of benzene rings is 2. The van der Waals surface area contributed by atoms with Crippen molar-refractivity contribution in [1.82, 2.24) is 25.1 Å². The van der Waals surface area contributed by atoms with Crippen molar-refractivity contribution in [2.24, 2.45) is 0 Å². The number of piperazine rings is 1. The SMILES string of the molecule is O=C(Cc1ccc(Br)cc1)N1CCN(c2nnnn2-c2ccccc2)CC1. The standard InChI is InChI=1S/C19H19BrN6O/c20-16-8-6-15(7-9-16)14-18(27)24-10-12-25(13-11-24)19-21-22-23-26(19)17-4-2-1-3-5-17/h1-9H,10-14H2. The van der Waals surface area contributed by atoms with Gasteiger partial charge in [0.15, 0.2) is 0 Å². The molecule has 8 heteroatoms. The lowest BCUT2D eigenvalue weighted by Gasteiger charge is -2.34. The predicted octanol–water partition coefficient (Wildman–Crippen LogP) is 2.32. The molecule has 1 amide bonds. The van der Waals surface area contributed by atoms with Gasteiger partial charge in [-0.05, 0) is 40.3 Å². The Bertz CT molecular complexity index is 903. The normalized spacial score (nSPS) is 14.4. The highest BCUT2D eigenvalue weighted by Gasteiger charge is 2.24. The van der Waals surface area contributed by atoms with Gasteiger partial charge in [0.2, 0.25) is 11.9 Å². The zero-order valence-electron chi connectivity index (χ0n) is 14.7. The molecule has 0 radical (unpaired) electrons. The molecule has 7 nitrogen and oxygen atoms in total. The lowest BCUT2D eigenvalue weighted by Crippen LogP contribution is -2.50. The molecule has 0 spiro atoms. The molecule has 0 saturated carbocycles. The Kier molecular flexibility index (Phi) is 5.15. The minimum atomic E-state index is 0.152. The average Bonchev–Trinajstić information content (AvgIpc) is 3.20. The van der Waals surface area contributed by atoms with Crippen molar-refractivity contribution in [2.45, 2.75) is 6.42 Å². The van der Waals surface area contributed by atoms with Gasteiger partial charge in [0.05, 0.1) is 12.1 Å². The molecular weight excluding hydrogens is 408 g/mol.